The minimum absolute atomic E-state index is 0.0127. The van der Waals surface area contributed by atoms with E-state index in [1.807, 2.05) is 0 Å². The lowest BCUT2D eigenvalue weighted by atomic mass is 10.1. The van der Waals surface area contributed by atoms with Crippen LogP contribution in [0.3, 0.4) is 0 Å². The van der Waals surface area contributed by atoms with Gasteiger partial charge in [-0.1, -0.05) is 0 Å². The Bertz CT molecular complexity index is 847. The van der Waals surface area contributed by atoms with E-state index in [0.29, 0.717) is 5.69 Å². The van der Waals surface area contributed by atoms with Gasteiger partial charge < -0.3 is 5.32 Å². The molecule has 1 amide bonds. The van der Waals surface area contributed by atoms with Crippen LogP contribution in [0, 0.1) is 0 Å². The van der Waals surface area contributed by atoms with Gasteiger partial charge in [-0.25, -0.2) is 9.67 Å². The second-order valence-electron chi connectivity index (χ2n) is 4.73. The molecule has 0 bridgehead atoms. The number of nitrogens with zero attached hydrogens (tertiary/aromatic N) is 4. The molecule has 0 fully saturated rings. The number of alkyl halides is 3. The zero-order valence-corrected chi connectivity index (χ0v) is 12.0. The lowest BCUT2D eigenvalue weighted by Gasteiger charge is -2.14. The molecule has 122 valence electrons. The van der Waals surface area contributed by atoms with Crippen LogP contribution in [0.15, 0.2) is 55.2 Å². The van der Waals surface area contributed by atoms with Crippen LogP contribution in [0.4, 0.5) is 18.9 Å². The summed E-state index contributed by atoms with van der Waals surface area (Å²) in [6.07, 6.45) is 2.42. The van der Waals surface area contributed by atoms with Gasteiger partial charge >= 0.3 is 6.18 Å². The van der Waals surface area contributed by atoms with Gasteiger partial charge in [0.05, 0.1) is 23.1 Å². The van der Waals surface area contributed by atoms with E-state index in [1.54, 1.807) is 12.3 Å². The maximum Gasteiger partial charge on any atom is 0.416 e. The molecule has 24 heavy (non-hydrogen) atoms. The molecule has 1 N–H and O–H groups in total. The molecule has 0 spiro atoms. The number of rotatable bonds is 3. The molecule has 2 heterocycles. The van der Waals surface area contributed by atoms with Crippen molar-refractivity contribution in [2.45, 2.75) is 6.18 Å². The number of hydrogen-bond donors (Lipinski definition) is 1. The molecular formula is C15H10F3N5O. The van der Waals surface area contributed by atoms with E-state index >= 15 is 0 Å². The van der Waals surface area contributed by atoms with Crippen LogP contribution in [0.1, 0.15) is 16.1 Å². The minimum atomic E-state index is -4.53. The van der Waals surface area contributed by atoms with Crippen molar-refractivity contribution in [2.75, 3.05) is 5.32 Å². The highest BCUT2D eigenvalue weighted by Gasteiger charge is 2.31. The number of hydrogen-bond acceptors (Lipinski definition) is 4. The molecule has 0 aliphatic carbocycles. The number of carbonyl (C=O) groups excluding carboxylic acids is 1. The summed E-state index contributed by atoms with van der Waals surface area (Å²) in [4.78, 5) is 19.7. The fourth-order valence-corrected chi connectivity index (χ4v) is 2.03. The maximum absolute atomic E-state index is 12.9. The van der Waals surface area contributed by atoms with E-state index in [1.165, 1.54) is 35.5 Å². The molecule has 3 rings (SSSR count). The van der Waals surface area contributed by atoms with Crippen LogP contribution in [0.25, 0.3) is 5.69 Å². The van der Waals surface area contributed by atoms with Crippen molar-refractivity contribution in [1.82, 2.24) is 19.7 Å². The van der Waals surface area contributed by atoms with Gasteiger partial charge in [-0.3, -0.25) is 9.78 Å². The first-order valence-electron chi connectivity index (χ1n) is 6.74. The van der Waals surface area contributed by atoms with Crippen molar-refractivity contribution in [3.05, 3.63) is 66.5 Å². The number of aromatic nitrogens is 4. The van der Waals surface area contributed by atoms with Crippen molar-refractivity contribution in [3.8, 4) is 5.69 Å². The molecule has 0 aliphatic heterocycles. The fourth-order valence-electron chi connectivity index (χ4n) is 2.03. The molecule has 0 radical (unpaired) electrons. The van der Waals surface area contributed by atoms with Gasteiger partial charge in [0, 0.05) is 24.8 Å². The summed E-state index contributed by atoms with van der Waals surface area (Å²) in [6.45, 7) is 0. The number of carbonyl (C=O) groups is 1. The van der Waals surface area contributed by atoms with Crippen molar-refractivity contribution in [1.29, 1.82) is 0 Å². The first kappa shape index (κ1) is 15.7. The number of amides is 1. The Labute approximate surface area is 134 Å². The largest absolute Gasteiger partial charge is 0.416 e. The zero-order valence-electron chi connectivity index (χ0n) is 12.0. The Hall–Kier alpha value is -3.23. The normalized spacial score (nSPS) is 11.3. The second kappa shape index (κ2) is 6.11. The molecular weight excluding hydrogens is 323 g/mol. The van der Waals surface area contributed by atoms with Crippen LogP contribution >= 0.6 is 0 Å². The van der Waals surface area contributed by atoms with Crippen LogP contribution in [0.2, 0.25) is 0 Å². The molecule has 0 saturated heterocycles. The number of benzene rings is 1. The SMILES string of the molecule is O=C(Nc1cc(C(F)(F)F)ccc1-n1cccn1)c1cnccn1. The number of anilines is 1. The van der Waals surface area contributed by atoms with Crippen LogP contribution in [0.5, 0.6) is 0 Å². The highest BCUT2D eigenvalue weighted by atomic mass is 19.4. The monoisotopic (exact) mass is 333 g/mol. The number of halogens is 3. The van der Waals surface area contributed by atoms with Gasteiger partial charge in [0.15, 0.2) is 0 Å². The van der Waals surface area contributed by atoms with E-state index in [4.69, 9.17) is 0 Å². The Kier molecular flexibility index (Phi) is 3.98. The van der Waals surface area contributed by atoms with Crippen molar-refractivity contribution >= 4 is 11.6 Å². The molecule has 0 aliphatic rings. The predicted molar refractivity (Wildman–Crippen MR) is 78.6 cm³/mol. The molecule has 0 unspecified atom stereocenters. The molecule has 0 saturated carbocycles. The Morgan fingerprint density at radius 2 is 2.00 bits per heavy atom. The summed E-state index contributed by atoms with van der Waals surface area (Å²) < 4.78 is 40.2. The van der Waals surface area contributed by atoms with Gasteiger partial charge in [-0.15, -0.1) is 0 Å². The Morgan fingerprint density at radius 1 is 1.17 bits per heavy atom. The summed E-state index contributed by atoms with van der Waals surface area (Å²) >= 11 is 0. The molecule has 3 aromatic rings. The third-order valence-electron chi connectivity index (χ3n) is 3.12. The third-order valence-corrected chi connectivity index (χ3v) is 3.12. The van der Waals surface area contributed by atoms with Gasteiger partial charge in [-0.05, 0) is 24.3 Å². The summed E-state index contributed by atoms with van der Waals surface area (Å²) in [5, 5.41) is 6.40. The van der Waals surface area contributed by atoms with E-state index < -0.39 is 17.6 Å². The third kappa shape index (κ3) is 3.24. The molecule has 1 aromatic carbocycles. The van der Waals surface area contributed by atoms with Gasteiger partial charge in [-0.2, -0.15) is 18.3 Å². The molecule has 2 aromatic heterocycles. The lowest BCUT2D eigenvalue weighted by molar-refractivity contribution is -0.137. The Morgan fingerprint density at radius 3 is 2.62 bits per heavy atom. The predicted octanol–water partition coefficient (Wildman–Crippen LogP) is 2.93. The lowest BCUT2D eigenvalue weighted by Crippen LogP contribution is -2.17. The molecule has 0 atom stereocenters. The second-order valence-corrected chi connectivity index (χ2v) is 4.73. The summed E-state index contributed by atoms with van der Waals surface area (Å²) in [7, 11) is 0. The van der Waals surface area contributed by atoms with Crippen molar-refractivity contribution in [3.63, 3.8) is 0 Å². The topological polar surface area (TPSA) is 72.7 Å². The van der Waals surface area contributed by atoms with E-state index in [9.17, 15) is 18.0 Å². The van der Waals surface area contributed by atoms with Crippen molar-refractivity contribution in [2.24, 2.45) is 0 Å². The minimum Gasteiger partial charge on any atom is -0.319 e. The number of nitrogens with one attached hydrogen (secondary N) is 1. The maximum atomic E-state index is 12.9. The molecule has 6 nitrogen and oxygen atoms in total. The van der Waals surface area contributed by atoms with Gasteiger partial charge in [0.2, 0.25) is 0 Å². The highest BCUT2D eigenvalue weighted by molar-refractivity contribution is 6.03. The summed E-state index contributed by atoms with van der Waals surface area (Å²) in [5.74, 6) is -0.671. The van der Waals surface area contributed by atoms with Crippen molar-refractivity contribution < 1.29 is 18.0 Å². The average Bonchev–Trinajstić information content (AvgIpc) is 3.09. The Balaban J connectivity index is 2.01. The first-order valence-corrected chi connectivity index (χ1v) is 6.74. The smallest absolute Gasteiger partial charge is 0.319 e. The van der Waals surface area contributed by atoms with E-state index in [-0.39, 0.29) is 11.4 Å². The average molecular weight is 333 g/mol. The summed E-state index contributed by atoms with van der Waals surface area (Å²) in [5.41, 5.74) is -0.636. The standard InChI is InChI=1S/C15H10F3N5O/c16-15(17,18)10-2-3-13(23-7-1-4-21-23)11(8-10)22-14(24)12-9-19-5-6-20-12/h1-9H,(H,22,24). The van der Waals surface area contributed by atoms with E-state index in [2.05, 4.69) is 20.4 Å². The zero-order chi connectivity index (χ0) is 17.2. The van der Waals surface area contributed by atoms with E-state index in [0.717, 1.165) is 12.1 Å². The summed E-state index contributed by atoms with van der Waals surface area (Å²) in [6, 6.07) is 4.63. The fraction of sp³-hybridized carbons (Fsp3) is 0.0667. The first-order chi connectivity index (χ1) is 11.4. The van der Waals surface area contributed by atoms with Crippen LogP contribution in [-0.2, 0) is 6.18 Å². The quantitative estimate of drug-likeness (QED) is 0.800. The molecule has 9 heteroatoms. The van der Waals surface area contributed by atoms with Gasteiger partial charge in [0.25, 0.3) is 5.91 Å². The van der Waals surface area contributed by atoms with Gasteiger partial charge in [0.1, 0.15) is 5.69 Å². The van der Waals surface area contributed by atoms with Crippen LogP contribution in [-0.4, -0.2) is 25.7 Å². The van der Waals surface area contributed by atoms with Crippen LogP contribution < -0.4 is 5.32 Å². The highest BCUT2D eigenvalue weighted by Crippen LogP contribution is 2.33.